The van der Waals surface area contributed by atoms with E-state index >= 15 is 0 Å². The van der Waals surface area contributed by atoms with Crippen LogP contribution in [0.25, 0.3) is 0 Å². The third kappa shape index (κ3) is 1.97. The van der Waals surface area contributed by atoms with Crippen LogP contribution in [0.15, 0.2) is 0 Å². The summed E-state index contributed by atoms with van der Waals surface area (Å²) in [5.74, 6) is 2.04. The quantitative estimate of drug-likeness (QED) is 0.574. The summed E-state index contributed by atoms with van der Waals surface area (Å²) in [5, 5.41) is 0. The molecule has 58 valence electrons. The third-order valence-corrected chi connectivity index (χ3v) is 2.90. The van der Waals surface area contributed by atoms with Crippen LogP contribution < -0.4 is 0 Å². The monoisotopic (exact) mass is 162 g/mol. The van der Waals surface area contributed by atoms with Gasteiger partial charge in [-0.1, -0.05) is 0 Å². The van der Waals surface area contributed by atoms with E-state index in [1.807, 2.05) is 11.8 Å². The number of carbonyl (C=O) groups excluding carboxylic acids is 1. The van der Waals surface area contributed by atoms with Crippen LogP contribution in [0.1, 0.15) is 12.8 Å². The molecule has 1 heterocycles. The molecule has 0 bridgehead atoms. The standard InChI is InChI=1S/C7H11FOS/c8-7(5-9)6-1-3-10-4-2-6/h5-7H,1-4H2. The third-order valence-electron chi connectivity index (χ3n) is 1.85. The second-order valence-corrected chi connectivity index (χ2v) is 3.76. The fourth-order valence-electron chi connectivity index (χ4n) is 1.15. The van der Waals surface area contributed by atoms with Gasteiger partial charge in [-0.25, -0.2) is 4.39 Å². The highest BCUT2D eigenvalue weighted by Gasteiger charge is 2.22. The molecule has 3 heteroatoms. The van der Waals surface area contributed by atoms with E-state index in [9.17, 15) is 9.18 Å². The minimum atomic E-state index is -1.21. The van der Waals surface area contributed by atoms with Crippen molar-refractivity contribution in [2.45, 2.75) is 19.0 Å². The molecule has 0 spiro atoms. The molecule has 0 aromatic carbocycles. The lowest BCUT2D eigenvalue weighted by Gasteiger charge is -2.21. The Morgan fingerprint density at radius 3 is 2.60 bits per heavy atom. The van der Waals surface area contributed by atoms with Gasteiger partial charge >= 0.3 is 0 Å². The van der Waals surface area contributed by atoms with E-state index in [0.717, 1.165) is 24.3 Å². The van der Waals surface area contributed by atoms with Crippen molar-refractivity contribution < 1.29 is 9.18 Å². The summed E-state index contributed by atoms with van der Waals surface area (Å²) in [5.41, 5.74) is 0. The molecule has 0 amide bonds. The molecule has 10 heavy (non-hydrogen) atoms. The first-order chi connectivity index (χ1) is 4.84. The first kappa shape index (κ1) is 8.05. The highest BCUT2D eigenvalue weighted by molar-refractivity contribution is 7.99. The molecule has 1 aliphatic rings. The van der Waals surface area contributed by atoms with E-state index in [2.05, 4.69) is 0 Å². The van der Waals surface area contributed by atoms with Gasteiger partial charge in [0.1, 0.15) is 0 Å². The molecule has 1 unspecified atom stereocenters. The number of halogens is 1. The lowest BCUT2D eigenvalue weighted by atomic mass is 9.98. The van der Waals surface area contributed by atoms with E-state index in [0.29, 0.717) is 6.29 Å². The molecule has 0 radical (unpaired) electrons. The fraction of sp³-hybridized carbons (Fsp3) is 0.857. The SMILES string of the molecule is O=CC(F)C1CCSCC1. The van der Waals surface area contributed by atoms with Gasteiger partial charge < -0.3 is 4.79 Å². The predicted octanol–water partition coefficient (Wildman–Crippen LogP) is 1.67. The Morgan fingerprint density at radius 2 is 2.10 bits per heavy atom. The van der Waals surface area contributed by atoms with Crippen molar-refractivity contribution in [1.82, 2.24) is 0 Å². The summed E-state index contributed by atoms with van der Waals surface area (Å²) in [7, 11) is 0. The minimum absolute atomic E-state index is 0.0127. The molecule has 0 saturated carbocycles. The second kappa shape index (κ2) is 3.96. The van der Waals surface area contributed by atoms with Crippen molar-refractivity contribution in [3.8, 4) is 0 Å². The summed E-state index contributed by atoms with van der Waals surface area (Å²) >= 11 is 1.84. The molecule has 1 saturated heterocycles. The first-order valence-electron chi connectivity index (χ1n) is 3.51. The van der Waals surface area contributed by atoms with Crippen molar-refractivity contribution >= 4 is 18.0 Å². The molecular formula is C7H11FOS. The summed E-state index contributed by atoms with van der Waals surface area (Å²) in [6.07, 6.45) is 0.955. The lowest BCUT2D eigenvalue weighted by Crippen LogP contribution is -2.21. The number of rotatable bonds is 2. The van der Waals surface area contributed by atoms with Gasteiger partial charge in [0, 0.05) is 0 Å². The molecule has 0 aromatic rings. The second-order valence-electron chi connectivity index (χ2n) is 2.53. The summed E-state index contributed by atoms with van der Waals surface area (Å²) in [6.45, 7) is 0. The number of thioether (sulfide) groups is 1. The van der Waals surface area contributed by atoms with E-state index in [4.69, 9.17) is 0 Å². The molecule has 0 N–H and O–H groups in total. The average molecular weight is 162 g/mol. The van der Waals surface area contributed by atoms with Gasteiger partial charge in [-0.15, -0.1) is 0 Å². The Balaban J connectivity index is 2.30. The topological polar surface area (TPSA) is 17.1 Å². The van der Waals surface area contributed by atoms with E-state index in [1.54, 1.807) is 0 Å². The molecule has 0 aliphatic carbocycles. The van der Waals surface area contributed by atoms with Crippen LogP contribution in [0, 0.1) is 5.92 Å². The van der Waals surface area contributed by atoms with Crippen LogP contribution in [0.2, 0.25) is 0 Å². The highest BCUT2D eigenvalue weighted by Crippen LogP contribution is 2.25. The maximum Gasteiger partial charge on any atom is 0.158 e. The number of alkyl halides is 1. The van der Waals surface area contributed by atoms with Gasteiger partial charge in [-0.3, -0.25) is 0 Å². The molecule has 1 rings (SSSR count). The Kier molecular flexibility index (Phi) is 3.19. The average Bonchev–Trinajstić information content (AvgIpc) is 2.05. The van der Waals surface area contributed by atoms with Gasteiger partial charge in [0.05, 0.1) is 0 Å². The van der Waals surface area contributed by atoms with Gasteiger partial charge in [0.15, 0.2) is 12.5 Å². The van der Waals surface area contributed by atoms with Crippen LogP contribution in [-0.4, -0.2) is 24.0 Å². The Bertz CT molecular complexity index is 112. The zero-order chi connectivity index (χ0) is 7.40. The Labute approximate surface area is 64.4 Å². The molecule has 0 aromatic heterocycles. The van der Waals surface area contributed by atoms with Crippen LogP contribution >= 0.6 is 11.8 Å². The van der Waals surface area contributed by atoms with Crippen molar-refractivity contribution in [2.75, 3.05) is 11.5 Å². The minimum Gasteiger partial charge on any atom is -0.300 e. The maximum atomic E-state index is 12.6. The summed E-state index contributed by atoms with van der Waals surface area (Å²) in [6, 6.07) is 0. The maximum absolute atomic E-state index is 12.6. The van der Waals surface area contributed by atoms with Crippen molar-refractivity contribution in [2.24, 2.45) is 5.92 Å². The molecule has 1 fully saturated rings. The van der Waals surface area contributed by atoms with Gasteiger partial charge in [-0.05, 0) is 30.3 Å². The normalized spacial score (nSPS) is 24.1. The molecular weight excluding hydrogens is 151 g/mol. The fourth-order valence-corrected chi connectivity index (χ4v) is 2.29. The van der Waals surface area contributed by atoms with Crippen molar-refractivity contribution in [1.29, 1.82) is 0 Å². The predicted molar refractivity (Wildman–Crippen MR) is 41.0 cm³/mol. The highest BCUT2D eigenvalue weighted by atomic mass is 32.2. The van der Waals surface area contributed by atoms with Crippen molar-refractivity contribution in [3.63, 3.8) is 0 Å². The molecule has 1 nitrogen and oxygen atoms in total. The zero-order valence-corrected chi connectivity index (χ0v) is 6.57. The van der Waals surface area contributed by atoms with Crippen LogP contribution in [0.3, 0.4) is 0 Å². The largest absolute Gasteiger partial charge is 0.300 e. The van der Waals surface area contributed by atoms with Gasteiger partial charge in [0.25, 0.3) is 0 Å². The van der Waals surface area contributed by atoms with Gasteiger partial charge in [-0.2, -0.15) is 11.8 Å². The molecule has 1 aliphatic heterocycles. The van der Waals surface area contributed by atoms with Crippen LogP contribution in [0.5, 0.6) is 0 Å². The van der Waals surface area contributed by atoms with E-state index in [-0.39, 0.29) is 5.92 Å². The number of aldehydes is 1. The lowest BCUT2D eigenvalue weighted by molar-refractivity contribution is -0.113. The van der Waals surface area contributed by atoms with E-state index in [1.165, 1.54) is 0 Å². The van der Waals surface area contributed by atoms with Crippen LogP contribution in [-0.2, 0) is 4.79 Å². The van der Waals surface area contributed by atoms with Crippen LogP contribution in [0.4, 0.5) is 4.39 Å². The first-order valence-corrected chi connectivity index (χ1v) is 4.67. The van der Waals surface area contributed by atoms with Gasteiger partial charge in [0.2, 0.25) is 0 Å². The summed E-state index contributed by atoms with van der Waals surface area (Å²) < 4.78 is 12.6. The number of hydrogen-bond donors (Lipinski definition) is 0. The van der Waals surface area contributed by atoms with E-state index < -0.39 is 6.17 Å². The Hall–Kier alpha value is -0.0500. The number of hydrogen-bond acceptors (Lipinski definition) is 2. The zero-order valence-electron chi connectivity index (χ0n) is 5.75. The number of carbonyl (C=O) groups is 1. The summed E-state index contributed by atoms with van der Waals surface area (Å²) in [4.78, 5) is 10.0. The Morgan fingerprint density at radius 1 is 1.50 bits per heavy atom. The van der Waals surface area contributed by atoms with Crippen molar-refractivity contribution in [3.05, 3.63) is 0 Å². The molecule has 1 atom stereocenters. The smallest absolute Gasteiger partial charge is 0.158 e.